The predicted octanol–water partition coefficient (Wildman–Crippen LogP) is 4.41. The molecule has 1 amide bonds. The number of hydrogen-bond donors (Lipinski definition) is 2. The van der Waals surface area contributed by atoms with Gasteiger partial charge in [0, 0.05) is 24.1 Å². The van der Waals surface area contributed by atoms with E-state index in [2.05, 4.69) is 47.7 Å². The van der Waals surface area contributed by atoms with E-state index in [1.807, 2.05) is 36.4 Å². The predicted molar refractivity (Wildman–Crippen MR) is 106 cm³/mol. The van der Waals surface area contributed by atoms with Crippen LogP contribution in [0.15, 0.2) is 66.9 Å². The lowest BCUT2D eigenvalue weighted by atomic mass is 10.1. The zero-order valence-electron chi connectivity index (χ0n) is 15.1. The molecule has 0 saturated carbocycles. The summed E-state index contributed by atoms with van der Waals surface area (Å²) >= 11 is 0. The number of nitrogens with one attached hydrogen (secondary N) is 2. The molecule has 0 bridgehead atoms. The molecular weight excluding hydrogens is 322 g/mol. The zero-order valence-corrected chi connectivity index (χ0v) is 15.1. The zero-order chi connectivity index (χ0) is 18.4. The van der Waals surface area contributed by atoms with E-state index in [9.17, 15) is 4.79 Å². The Morgan fingerprint density at radius 3 is 2.62 bits per heavy atom. The summed E-state index contributed by atoms with van der Waals surface area (Å²) in [6, 6.07) is 19.9. The molecule has 0 saturated heterocycles. The van der Waals surface area contributed by atoms with Crippen molar-refractivity contribution in [2.24, 2.45) is 0 Å². The maximum Gasteiger partial charge on any atom is 0.269 e. The Balaban J connectivity index is 1.63. The molecule has 1 heterocycles. The number of aromatic nitrogens is 1. The van der Waals surface area contributed by atoms with E-state index < -0.39 is 0 Å². The van der Waals surface area contributed by atoms with E-state index in [4.69, 9.17) is 0 Å². The minimum Gasteiger partial charge on any atom is -0.355 e. The number of hydrogen-bond acceptors (Lipinski definition) is 3. The molecule has 0 unspecified atom stereocenters. The van der Waals surface area contributed by atoms with Crippen LogP contribution in [0.5, 0.6) is 0 Å². The minimum atomic E-state index is -0.162. The van der Waals surface area contributed by atoms with E-state index in [-0.39, 0.29) is 5.91 Å². The van der Waals surface area contributed by atoms with Crippen LogP contribution >= 0.6 is 0 Å². The molecule has 1 aromatic heterocycles. The smallest absolute Gasteiger partial charge is 0.269 e. The fraction of sp³-hybridized carbons (Fsp3) is 0.182. The lowest BCUT2D eigenvalue weighted by molar-refractivity contribution is 0.0949. The van der Waals surface area contributed by atoms with Crippen LogP contribution in [0.1, 0.15) is 27.2 Å². The SMILES string of the molecule is Cc1cccc(Nc2ccnc(C(=O)NCCc3ccccc3)c2)c1C. The summed E-state index contributed by atoms with van der Waals surface area (Å²) in [6.07, 6.45) is 2.45. The van der Waals surface area contributed by atoms with Crippen LogP contribution in [0.25, 0.3) is 0 Å². The first kappa shape index (κ1) is 17.7. The Morgan fingerprint density at radius 1 is 1.00 bits per heavy atom. The monoisotopic (exact) mass is 345 g/mol. The van der Waals surface area contributed by atoms with Crippen molar-refractivity contribution in [2.75, 3.05) is 11.9 Å². The Labute approximate surface area is 154 Å². The quantitative estimate of drug-likeness (QED) is 0.695. The van der Waals surface area contributed by atoms with Crippen molar-refractivity contribution in [2.45, 2.75) is 20.3 Å². The number of carbonyl (C=O) groups is 1. The van der Waals surface area contributed by atoms with Crippen molar-refractivity contribution < 1.29 is 4.79 Å². The fourth-order valence-electron chi connectivity index (χ4n) is 2.73. The van der Waals surface area contributed by atoms with Gasteiger partial charge in [0.05, 0.1) is 0 Å². The number of nitrogens with zero attached hydrogens (tertiary/aromatic N) is 1. The second kappa shape index (κ2) is 8.30. The van der Waals surface area contributed by atoms with Crippen LogP contribution in [0.3, 0.4) is 0 Å². The lowest BCUT2D eigenvalue weighted by Crippen LogP contribution is -2.26. The average molecular weight is 345 g/mol. The van der Waals surface area contributed by atoms with E-state index in [0.29, 0.717) is 12.2 Å². The van der Waals surface area contributed by atoms with Gasteiger partial charge in [-0.1, -0.05) is 42.5 Å². The Kier molecular flexibility index (Phi) is 5.64. The van der Waals surface area contributed by atoms with Gasteiger partial charge in [0.15, 0.2) is 0 Å². The summed E-state index contributed by atoms with van der Waals surface area (Å²) in [5, 5.41) is 6.30. The molecule has 0 aliphatic heterocycles. The summed E-state index contributed by atoms with van der Waals surface area (Å²) in [5.41, 5.74) is 5.91. The maximum atomic E-state index is 12.4. The van der Waals surface area contributed by atoms with Crippen LogP contribution in [-0.2, 0) is 6.42 Å². The minimum absolute atomic E-state index is 0.162. The number of pyridine rings is 1. The Morgan fingerprint density at radius 2 is 1.81 bits per heavy atom. The highest BCUT2D eigenvalue weighted by molar-refractivity contribution is 5.93. The molecular formula is C22H23N3O. The second-order valence-electron chi connectivity index (χ2n) is 6.29. The largest absolute Gasteiger partial charge is 0.355 e. The topological polar surface area (TPSA) is 54.0 Å². The summed E-state index contributed by atoms with van der Waals surface area (Å²) in [5.74, 6) is -0.162. The molecule has 0 spiro atoms. The third-order valence-corrected chi connectivity index (χ3v) is 4.42. The maximum absolute atomic E-state index is 12.4. The van der Waals surface area contributed by atoms with Gasteiger partial charge in [-0.15, -0.1) is 0 Å². The van der Waals surface area contributed by atoms with Crippen molar-refractivity contribution >= 4 is 17.3 Å². The molecule has 4 nitrogen and oxygen atoms in total. The molecule has 0 aliphatic rings. The number of amides is 1. The number of aryl methyl sites for hydroxylation is 1. The third kappa shape index (κ3) is 4.48. The number of anilines is 2. The summed E-state index contributed by atoms with van der Waals surface area (Å²) in [6.45, 7) is 4.74. The Hall–Kier alpha value is -3.14. The molecule has 0 atom stereocenters. The second-order valence-corrected chi connectivity index (χ2v) is 6.29. The van der Waals surface area contributed by atoms with Crippen molar-refractivity contribution in [3.63, 3.8) is 0 Å². The van der Waals surface area contributed by atoms with E-state index >= 15 is 0 Å². The standard InChI is InChI=1S/C22H23N3O/c1-16-7-6-10-20(17(16)2)25-19-12-14-23-21(15-19)22(26)24-13-11-18-8-4-3-5-9-18/h3-10,12,14-15H,11,13H2,1-2H3,(H,23,25)(H,24,26). The van der Waals surface area contributed by atoms with Gasteiger partial charge in [0.1, 0.15) is 5.69 Å². The normalized spacial score (nSPS) is 10.4. The van der Waals surface area contributed by atoms with Gasteiger partial charge in [0.2, 0.25) is 0 Å². The van der Waals surface area contributed by atoms with Crippen LogP contribution < -0.4 is 10.6 Å². The van der Waals surface area contributed by atoms with E-state index in [1.54, 1.807) is 12.3 Å². The first-order valence-corrected chi connectivity index (χ1v) is 8.75. The molecule has 3 rings (SSSR count). The van der Waals surface area contributed by atoms with Gasteiger partial charge in [-0.3, -0.25) is 9.78 Å². The summed E-state index contributed by atoms with van der Waals surface area (Å²) in [4.78, 5) is 16.6. The Bertz CT molecular complexity index is 891. The highest BCUT2D eigenvalue weighted by Gasteiger charge is 2.08. The van der Waals surface area contributed by atoms with Gasteiger partial charge >= 0.3 is 0 Å². The molecule has 2 aromatic carbocycles. The number of rotatable bonds is 6. The highest BCUT2D eigenvalue weighted by atomic mass is 16.1. The molecule has 4 heteroatoms. The average Bonchev–Trinajstić information content (AvgIpc) is 2.66. The van der Waals surface area contributed by atoms with Gasteiger partial charge in [-0.05, 0) is 55.2 Å². The molecule has 3 aromatic rings. The highest BCUT2D eigenvalue weighted by Crippen LogP contribution is 2.22. The van der Waals surface area contributed by atoms with Crippen molar-refractivity contribution in [1.29, 1.82) is 0 Å². The fourth-order valence-corrected chi connectivity index (χ4v) is 2.73. The van der Waals surface area contributed by atoms with E-state index in [0.717, 1.165) is 17.8 Å². The van der Waals surface area contributed by atoms with Gasteiger partial charge in [0.25, 0.3) is 5.91 Å². The van der Waals surface area contributed by atoms with Crippen LogP contribution in [-0.4, -0.2) is 17.4 Å². The molecule has 0 aliphatic carbocycles. The van der Waals surface area contributed by atoms with E-state index in [1.165, 1.54) is 16.7 Å². The summed E-state index contributed by atoms with van der Waals surface area (Å²) in [7, 11) is 0. The van der Waals surface area contributed by atoms with Gasteiger partial charge < -0.3 is 10.6 Å². The van der Waals surface area contributed by atoms with Gasteiger partial charge in [-0.25, -0.2) is 0 Å². The van der Waals surface area contributed by atoms with Crippen molar-refractivity contribution in [1.82, 2.24) is 10.3 Å². The van der Waals surface area contributed by atoms with Crippen molar-refractivity contribution in [3.05, 3.63) is 89.2 Å². The lowest BCUT2D eigenvalue weighted by Gasteiger charge is -2.12. The number of benzene rings is 2. The first-order chi connectivity index (χ1) is 12.6. The molecule has 132 valence electrons. The van der Waals surface area contributed by atoms with Crippen LogP contribution in [0, 0.1) is 13.8 Å². The van der Waals surface area contributed by atoms with Crippen molar-refractivity contribution in [3.8, 4) is 0 Å². The molecule has 26 heavy (non-hydrogen) atoms. The molecule has 0 fully saturated rings. The first-order valence-electron chi connectivity index (χ1n) is 8.75. The van der Waals surface area contributed by atoms with Crippen LogP contribution in [0.4, 0.5) is 11.4 Å². The van der Waals surface area contributed by atoms with Crippen LogP contribution in [0.2, 0.25) is 0 Å². The third-order valence-electron chi connectivity index (χ3n) is 4.42. The van der Waals surface area contributed by atoms with Gasteiger partial charge in [-0.2, -0.15) is 0 Å². The molecule has 0 radical (unpaired) electrons. The number of carbonyl (C=O) groups excluding carboxylic acids is 1. The molecule has 2 N–H and O–H groups in total. The summed E-state index contributed by atoms with van der Waals surface area (Å²) < 4.78 is 0.